The lowest BCUT2D eigenvalue weighted by atomic mass is 9.98. The van der Waals surface area contributed by atoms with Gasteiger partial charge < -0.3 is 16.0 Å². The molecule has 0 radical (unpaired) electrons. The lowest BCUT2D eigenvalue weighted by Gasteiger charge is -2.24. The number of hydrogen-bond donors (Lipinski definition) is 2. The second-order valence-electron chi connectivity index (χ2n) is 6.49. The zero-order valence-corrected chi connectivity index (χ0v) is 13.4. The normalized spacial score (nSPS) is 19.5. The second-order valence-corrected chi connectivity index (χ2v) is 6.49. The molecule has 5 heteroatoms. The van der Waals surface area contributed by atoms with Crippen LogP contribution in [0.15, 0.2) is 36.4 Å². The Morgan fingerprint density at radius 2 is 1.96 bits per heavy atom. The Balaban J connectivity index is 1.70. The Kier molecular flexibility index (Phi) is 3.73. The number of nitrogens with one attached hydrogen (secondary N) is 1. The van der Waals surface area contributed by atoms with E-state index in [1.54, 1.807) is 6.07 Å². The fourth-order valence-corrected chi connectivity index (χ4v) is 3.82. The molecule has 0 saturated carbocycles. The van der Waals surface area contributed by atoms with Crippen molar-refractivity contribution in [1.82, 2.24) is 5.32 Å². The van der Waals surface area contributed by atoms with Gasteiger partial charge in [-0.3, -0.25) is 4.79 Å². The molecule has 24 heavy (non-hydrogen) atoms. The summed E-state index contributed by atoms with van der Waals surface area (Å²) in [6, 6.07) is 11.4. The highest BCUT2D eigenvalue weighted by Gasteiger charge is 2.30. The van der Waals surface area contributed by atoms with Gasteiger partial charge in [-0.15, -0.1) is 0 Å². The van der Waals surface area contributed by atoms with Crippen molar-refractivity contribution in [2.45, 2.75) is 18.9 Å². The number of nitrogens with zero attached hydrogens (tertiary/aromatic N) is 1. The number of halogens is 1. The zero-order valence-electron chi connectivity index (χ0n) is 13.4. The van der Waals surface area contributed by atoms with Crippen molar-refractivity contribution < 1.29 is 9.18 Å². The molecule has 0 bridgehead atoms. The minimum Gasteiger partial charge on any atom is -0.367 e. The summed E-state index contributed by atoms with van der Waals surface area (Å²) >= 11 is 0. The number of primary amides is 1. The topological polar surface area (TPSA) is 58.4 Å². The van der Waals surface area contributed by atoms with E-state index >= 15 is 0 Å². The maximum Gasteiger partial charge on any atom is 0.251 e. The predicted octanol–water partition coefficient (Wildman–Crippen LogP) is 2.32. The van der Waals surface area contributed by atoms with Gasteiger partial charge in [0.15, 0.2) is 0 Å². The maximum absolute atomic E-state index is 13.7. The molecule has 2 aliphatic heterocycles. The van der Waals surface area contributed by atoms with Gasteiger partial charge in [-0.1, -0.05) is 12.1 Å². The highest BCUT2D eigenvalue weighted by Crippen LogP contribution is 2.36. The summed E-state index contributed by atoms with van der Waals surface area (Å²) in [5.74, 6) is -1.32. The standard InChI is InChI=1S/C19H20FN3O/c20-17-3-1-13(11-16(17)19(21)24)12-2-4-18-14(9-12)10-15-5-6-22-7-8-23(15)18/h1-4,9,11,15,22H,5-8,10H2,(H2,21,24). The van der Waals surface area contributed by atoms with Gasteiger partial charge in [0, 0.05) is 24.8 Å². The fraction of sp³-hybridized carbons (Fsp3) is 0.316. The average Bonchev–Trinajstić information content (AvgIpc) is 2.75. The molecule has 1 unspecified atom stereocenters. The van der Waals surface area contributed by atoms with Gasteiger partial charge in [-0.2, -0.15) is 0 Å². The summed E-state index contributed by atoms with van der Waals surface area (Å²) in [5, 5.41) is 3.45. The molecule has 1 saturated heterocycles. The van der Waals surface area contributed by atoms with E-state index in [4.69, 9.17) is 5.73 Å². The van der Waals surface area contributed by atoms with Crippen molar-refractivity contribution in [2.24, 2.45) is 5.73 Å². The highest BCUT2D eigenvalue weighted by atomic mass is 19.1. The zero-order chi connectivity index (χ0) is 16.7. The largest absolute Gasteiger partial charge is 0.367 e. The van der Waals surface area contributed by atoms with Crippen LogP contribution in [0.2, 0.25) is 0 Å². The molecule has 1 amide bonds. The quantitative estimate of drug-likeness (QED) is 0.891. The molecule has 2 aromatic rings. The first-order chi connectivity index (χ1) is 11.6. The molecule has 124 valence electrons. The molecule has 0 spiro atoms. The maximum atomic E-state index is 13.7. The molecule has 1 atom stereocenters. The summed E-state index contributed by atoms with van der Waals surface area (Å²) in [4.78, 5) is 13.9. The monoisotopic (exact) mass is 325 g/mol. The van der Waals surface area contributed by atoms with Gasteiger partial charge in [0.2, 0.25) is 0 Å². The van der Waals surface area contributed by atoms with Crippen molar-refractivity contribution >= 4 is 11.6 Å². The number of amides is 1. The van der Waals surface area contributed by atoms with Crippen molar-refractivity contribution in [3.8, 4) is 11.1 Å². The summed E-state index contributed by atoms with van der Waals surface area (Å²) in [6.45, 7) is 3.10. The van der Waals surface area contributed by atoms with Gasteiger partial charge in [-0.25, -0.2) is 4.39 Å². The van der Waals surface area contributed by atoms with Gasteiger partial charge >= 0.3 is 0 Å². The van der Waals surface area contributed by atoms with E-state index in [1.807, 2.05) is 6.07 Å². The highest BCUT2D eigenvalue weighted by molar-refractivity contribution is 5.94. The Hall–Kier alpha value is -2.40. The lowest BCUT2D eigenvalue weighted by Crippen LogP contribution is -2.32. The number of fused-ring (bicyclic) bond motifs is 3. The third kappa shape index (κ3) is 2.55. The van der Waals surface area contributed by atoms with Crippen molar-refractivity contribution in [3.63, 3.8) is 0 Å². The van der Waals surface area contributed by atoms with E-state index in [9.17, 15) is 9.18 Å². The Labute approximate surface area is 140 Å². The van der Waals surface area contributed by atoms with E-state index in [-0.39, 0.29) is 5.56 Å². The molecule has 1 fully saturated rings. The molecule has 4 rings (SSSR count). The SMILES string of the molecule is NC(=O)c1cc(-c2ccc3c(c2)CC2CCNCCN32)ccc1F. The summed E-state index contributed by atoms with van der Waals surface area (Å²) in [6.07, 6.45) is 2.18. The molecule has 2 heterocycles. The van der Waals surface area contributed by atoms with Crippen molar-refractivity contribution in [2.75, 3.05) is 24.5 Å². The first-order valence-electron chi connectivity index (χ1n) is 8.33. The number of anilines is 1. The number of benzene rings is 2. The van der Waals surface area contributed by atoms with Crippen LogP contribution in [0, 0.1) is 5.82 Å². The molecular formula is C19H20FN3O. The van der Waals surface area contributed by atoms with Crippen molar-refractivity contribution in [3.05, 3.63) is 53.3 Å². The Bertz CT molecular complexity index is 805. The van der Waals surface area contributed by atoms with Crippen LogP contribution in [0.1, 0.15) is 22.3 Å². The summed E-state index contributed by atoms with van der Waals surface area (Å²) in [7, 11) is 0. The van der Waals surface area contributed by atoms with E-state index in [2.05, 4.69) is 22.3 Å². The molecule has 2 aromatic carbocycles. The van der Waals surface area contributed by atoms with Crippen LogP contribution in [0.5, 0.6) is 0 Å². The third-order valence-corrected chi connectivity index (χ3v) is 5.03. The van der Waals surface area contributed by atoms with Crippen LogP contribution in [-0.2, 0) is 6.42 Å². The number of rotatable bonds is 2. The number of carbonyl (C=O) groups excluding carboxylic acids is 1. The van der Waals surface area contributed by atoms with Crippen LogP contribution in [0.25, 0.3) is 11.1 Å². The first-order valence-corrected chi connectivity index (χ1v) is 8.33. The molecule has 0 aliphatic carbocycles. The fourth-order valence-electron chi connectivity index (χ4n) is 3.82. The second kappa shape index (κ2) is 5.91. The van der Waals surface area contributed by atoms with Crippen LogP contribution < -0.4 is 16.0 Å². The third-order valence-electron chi connectivity index (χ3n) is 5.03. The lowest BCUT2D eigenvalue weighted by molar-refractivity contribution is 0.0996. The number of carbonyl (C=O) groups is 1. The predicted molar refractivity (Wildman–Crippen MR) is 92.7 cm³/mol. The van der Waals surface area contributed by atoms with E-state index < -0.39 is 11.7 Å². The molecule has 2 aliphatic rings. The van der Waals surface area contributed by atoms with Gasteiger partial charge in [0.1, 0.15) is 5.82 Å². The van der Waals surface area contributed by atoms with Crippen LogP contribution >= 0.6 is 0 Å². The average molecular weight is 325 g/mol. The molecule has 3 N–H and O–H groups in total. The summed E-state index contributed by atoms with van der Waals surface area (Å²) in [5.41, 5.74) is 9.62. The van der Waals surface area contributed by atoms with Gasteiger partial charge in [-0.05, 0) is 60.3 Å². The number of hydrogen-bond acceptors (Lipinski definition) is 3. The van der Waals surface area contributed by atoms with E-state index in [0.717, 1.165) is 43.6 Å². The Morgan fingerprint density at radius 3 is 2.79 bits per heavy atom. The Morgan fingerprint density at radius 1 is 1.17 bits per heavy atom. The van der Waals surface area contributed by atoms with Crippen LogP contribution in [0.3, 0.4) is 0 Å². The van der Waals surface area contributed by atoms with Gasteiger partial charge in [0.05, 0.1) is 5.56 Å². The van der Waals surface area contributed by atoms with Crippen LogP contribution in [0.4, 0.5) is 10.1 Å². The summed E-state index contributed by atoms with van der Waals surface area (Å²) < 4.78 is 13.7. The van der Waals surface area contributed by atoms with E-state index in [1.165, 1.54) is 23.4 Å². The molecule has 4 nitrogen and oxygen atoms in total. The smallest absolute Gasteiger partial charge is 0.251 e. The number of nitrogens with two attached hydrogens (primary N) is 1. The first kappa shape index (κ1) is 15.1. The van der Waals surface area contributed by atoms with Crippen molar-refractivity contribution in [1.29, 1.82) is 0 Å². The molecular weight excluding hydrogens is 305 g/mol. The van der Waals surface area contributed by atoms with Crippen LogP contribution in [-0.4, -0.2) is 31.6 Å². The minimum atomic E-state index is -0.739. The minimum absolute atomic E-state index is 0.0621. The van der Waals surface area contributed by atoms with E-state index in [0.29, 0.717) is 6.04 Å². The van der Waals surface area contributed by atoms with Gasteiger partial charge in [0.25, 0.3) is 5.91 Å². The molecule has 0 aromatic heterocycles.